The van der Waals surface area contributed by atoms with E-state index < -0.39 is 0 Å². The van der Waals surface area contributed by atoms with Gasteiger partial charge in [-0.05, 0) is 38.1 Å². The Kier molecular flexibility index (Phi) is 6.88. The summed E-state index contributed by atoms with van der Waals surface area (Å²) in [7, 11) is 0. The number of para-hydroxylation sites is 2. The van der Waals surface area contributed by atoms with Gasteiger partial charge in [0.1, 0.15) is 12.4 Å². The zero-order chi connectivity index (χ0) is 20.8. The van der Waals surface area contributed by atoms with Crippen LogP contribution in [0.3, 0.4) is 0 Å². The monoisotopic (exact) mass is 395 g/mol. The second-order valence-electron chi connectivity index (χ2n) is 7.49. The minimum absolute atomic E-state index is 0.0474. The van der Waals surface area contributed by atoms with E-state index in [1.54, 1.807) is 0 Å². The molecule has 6 nitrogen and oxygen atoms in total. The van der Waals surface area contributed by atoms with Gasteiger partial charge in [0.25, 0.3) is 0 Å². The third kappa shape index (κ3) is 5.15. The topological polar surface area (TPSA) is 61.9 Å². The minimum atomic E-state index is -0.207. The van der Waals surface area contributed by atoms with Crippen molar-refractivity contribution in [2.24, 2.45) is 0 Å². The molecule has 29 heavy (non-hydrogen) atoms. The van der Waals surface area contributed by atoms with Crippen molar-refractivity contribution in [1.29, 1.82) is 0 Å². The van der Waals surface area contributed by atoms with Gasteiger partial charge in [-0.2, -0.15) is 0 Å². The summed E-state index contributed by atoms with van der Waals surface area (Å²) in [6.07, 6.45) is 0. The van der Waals surface area contributed by atoms with E-state index in [4.69, 9.17) is 4.74 Å². The Bertz CT molecular complexity index is 838. The molecule has 0 fully saturated rings. The molecule has 1 N–H and O–H groups in total. The molecule has 2 aromatic carbocycles. The summed E-state index contributed by atoms with van der Waals surface area (Å²) in [5, 5.41) is 2.89. The van der Waals surface area contributed by atoms with Crippen LogP contribution in [0.15, 0.2) is 54.6 Å². The van der Waals surface area contributed by atoms with Gasteiger partial charge in [0.05, 0.1) is 24.8 Å². The quantitative estimate of drug-likeness (QED) is 0.783. The number of benzene rings is 2. The summed E-state index contributed by atoms with van der Waals surface area (Å²) in [5.41, 5.74) is 1.79. The number of carbonyl (C=O) groups is 2. The molecule has 0 aromatic heterocycles. The Hall–Kier alpha value is -2.86. The molecule has 3 rings (SSSR count). The number of hydrogen-bond acceptors (Lipinski definition) is 4. The first-order valence-electron chi connectivity index (χ1n) is 10.1. The van der Waals surface area contributed by atoms with E-state index in [-0.39, 0.29) is 37.0 Å². The van der Waals surface area contributed by atoms with Crippen molar-refractivity contribution in [1.82, 2.24) is 10.2 Å². The summed E-state index contributed by atoms with van der Waals surface area (Å²) in [6, 6.07) is 17.4. The van der Waals surface area contributed by atoms with E-state index in [0.717, 1.165) is 11.3 Å². The first-order valence-corrected chi connectivity index (χ1v) is 10.1. The van der Waals surface area contributed by atoms with E-state index in [2.05, 4.69) is 5.32 Å². The number of ether oxygens (including phenoxy) is 1. The number of nitrogens with zero attached hydrogens (tertiary/aromatic N) is 2. The predicted molar refractivity (Wildman–Crippen MR) is 114 cm³/mol. The molecule has 1 aliphatic heterocycles. The van der Waals surface area contributed by atoms with Crippen molar-refractivity contribution in [2.75, 3.05) is 31.1 Å². The SMILES string of the molecule is CCN(CC(=O)NC(C)C)CC(=O)N1c2ccccc2OC[C@@H]1c1ccccc1. The molecule has 0 spiro atoms. The van der Waals surface area contributed by atoms with Crippen LogP contribution >= 0.6 is 0 Å². The number of anilines is 1. The van der Waals surface area contributed by atoms with Gasteiger partial charge in [0, 0.05) is 6.04 Å². The highest BCUT2D eigenvalue weighted by Crippen LogP contribution is 2.39. The highest BCUT2D eigenvalue weighted by Gasteiger charge is 2.33. The van der Waals surface area contributed by atoms with Crippen molar-refractivity contribution in [2.45, 2.75) is 32.9 Å². The fourth-order valence-electron chi connectivity index (χ4n) is 3.54. The molecule has 2 aromatic rings. The van der Waals surface area contributed by atoms with Crippen LogP contribution < -0.4 is 15.0 Å². The van der Waals surface area contributed by atoms with E-state index in [1.165, 1.54) is 0 Å². The van der Waals surface area contributed by atoms with Gasteiger partial charge >= 0.3 is 0 Å². The Labute approximate surface area is 172 Å². The molecule has 0 saturated carbocycles. The number of amides is 2. The van der Waals surface area contributed by atoms with Gasteiger partial charge in [0.2, 0.25) is 11.8 Å². The van der Waals surface area contributed by atoms with Crippen LogP contribution in [0, 0.1) is 0 Å². The Morgan fingerprint density at radius 1 is 1.10 bits per heavy atom. The second-order valence-corrected chi connectivity index (χ2v) is 7.49. The zero-order valence-electron chi connectivity index (χ0n) is 17.3. The van der Waals surface area contributed by atoms with Crippen LogP contribution in [0.4, 0.5) is 5.69 Å². The van der Waals surface area contributed by atoms with Crippen molar-refractivity contribution >= 4 is 17.5 Å². The summed E-state index contributed by atoms with van der Waals surface area (Å²) < 4.78 is 5.94. The van der Waals surface area contributed by atoms with Gasteiger partial charge in [-0.3, -0.25) is 19.4 Å². The molecule has 2 amide bonds. The summed E-state index contributed by atoms with van der Waals surface area (Å²) in [5.74, 6) is 0.582. The molecule has 1 atom stereocenters. The van der Waals surface area contributed by atoms with Gasteiger partial charge < -0.3 is 10.1 Å². The molecule has 1 heterocycles. The smallest absolute Gasteiger partial charge is 0.241 e. The highest BCUT2D eigenvalue weighted by atomic mass is 16.5. The lowest BCUT2D eigenvalue weighted by atomic mass is 10.0. The van der Waals surface area contributed by atoms with Crippen molar-refractivity contribution < 1.29 is 14.3 Å². The van der Waals surface area contributed by atoms with Crippen LogP contribution in [0.2, 0.25) is 0 Å². The van der Waals surface area contributed by atoms with E-state index in [0.29, 0.717) is 18.9 Å². The van der Waals surface area contributed by atoms with Crippen LogP contribution in [-0.4, -0.2) is 49.0 Å². The highest BCUT2D eigenvalue weighted by molar-refractivity contribution is 5.97. The van der Waals surface area contributed by atoms with Crippen LogP contribution in [0.1, 0.15) is 32.4 Å². The molecule has 6 heteroatoms. The number of rotatable bonds is 7. The number of carbonyl (C=O) groups excluding carboxylic acids is 2. The summed E-state index contributed by atoms with van der Waals surface area (Å²) in [4.78, 5) is 29.3. The molecule has 0 aliphatic carbocycles. The predicted octanol–water partition coefficient (Wildman–Crippen LogP) is 3.00. The van der Waals surface area contributed by atoms with Crippen molar-refractivity contribution in [3.05, 3.63) is 60.2 Å². The maximum atomic E-state index is 13.4. The summed E-state index contributed by atoms with van der Waals surface area (Å²) >= 11 is 0. The van der Waals surface area contributed by atoms with Gasteiger partial charge in [-0.25, -0.2) is 0 Å². The van der Waals surface area contributed by atoms with E-state index >= 15 is 0 Å². The fraction of sp³-hybridized carbons (Fsp3) is 0.391. The molecule has 154 valence electrons. The summed E-state index contributed by atoms with van der Waals surface area (Å²) in [6.45, 7) is 7.18. The maximum Gasteiger partial charge on any atom is 0.241 e. The molecule has 0 bridgehead atoms. The largest absolute Gasteiger partial charge is 0.489 e. The van der Waals surface area contributed by atoms with E-state index in [9.17, 15) is 9.59 Å². The molecular weight excluding hydrogens is 366 g/mol. The molecule has 0 radical (unpaired) electrons. The van der Waals surface area contributed by atoms with Crippen LogP contribution in [0.5, 0.6) is 5.75 Å². The number of hydrogen-bond donors (Lipinski definition) is 1. The normalized spacial score (nSPS) is 15.8. The lowest BCUT2D eigenvalue weighted by molar-refractivity contribution is -0.124. The zero-order valence-corrected chi connectivity index (χ0v) is 17.3. The van der Waals surface area contributed by atoms with E-state index in [1.807, 2.05) is 85.2 Å². The first kappa shape index (κ1) is 20.9. The molecule has 0 saturated heterocycles. The minimum Gasteiger partial charge on any atom is -0.489 e. The number of nitrogens with one attached hydrogen (secondary N) is 1. The molecule has 1 aliphatic rings. The lowest BCUT2D eigenvalue weighted by Gasteiger charge is -2.38. The second kappa shape index (κ2) is 9.56. The number of fused-ring (bicyclic) bond motifs is 1. The van der Waals surface area contributed by atoms with Crippen molar-refractivity contribution in [3.8, 4) is 5.75 Å². The van der Waals surface area contributed by atoms with Gasteiger partial charge in [-0.15, -0.1) is 0 Å². The third-order valence-corrected chi connectivity index (χ3v) is 4.91. The van der Waals surface area contributed by atoms with Crippen LogP contribution in [0.25, 0.3) is 0 Å². The Balaban J connectivity index is 1.83. The average molecular weight is 396 g/mol. The molecule has 0 unspecified atom stereocenters. The maximum absolute atomic E-state index is 13.4. The lowest BCUT2D eigenvalue weighted by Crippen LogP contribution is -2.48. The average Bonchev–Trinajstić information content (AvgIpc) is 2.72. The fourth-order valence-corrected chi connectivity index (χ4v) is 3.54. The van der Waals surface area contributed by atoms with Gasteiger partial charge in [0.15, 0.2) is 0 Å². The standard InChI is InChI=1S/C23H29N3O3/c1-4-25(14-22(27)24-17(2)3)15-23(28)26-19-12-8-9-13-21(19)29-16-20(26)18-10-6-5-7-11-18/h5-13,17,20H,4,14-16H2,1-3H3,(H,24,27)/t20-/m1/s1. The Morgan fingerprint density at radius 3 is 2.48 bits per heavy atom. The number of likely N-dealkylation sites (N-methyl/N-ethyl adjacent to an activating group) is 1. The Morgan fingerprint density at radius 2 is 1.79 bits per heavy atom. The first-order chi connectivity index (χ1) is 14.0. The van der Waals surface area contributed by atoms with Gasteiger partial charge in [-0.1, -0.05) is 49.4 Å². The van der Waals surface area contributed by atoms with Crippen LogP contribution in [-0.2, 0) is 9.59 Å². The molecular formula is C23H29N3O3. The third-order valence-electron chi connectivity index (χ3n) is 4.91. The van der Waals surface area contributed by atoms with Crippen molar-refractivity contribution in [3.63, 3.8) is 0 Å².